The fourth-order valence-electron chi connectivity index (χ4n) is 3.73. The fraction of sp³-hybridized carbons (Fsp3) is 0.611. The number of hydrogen-bond donors (Lipinski definition) is 1. The minimum absolute atomic E-state index is 0. The number of nitrogens with zero attached hydrogens (tertiary/aromatic N) is 1. The summed E-state index contributed by atoms with van der Waals surface area (Å²) in [6.45, 7) is 3.53. The zero-order valence-corrected chi connectivity index (χ0v) is 14.6. The van der Waals surface area contributed by atoms with E-state index in [0.29, 0.717) is 5.92 Å². The zero-order valence-electron chi connectivity index (χ0n) is 13.7. The van der Waals surface area contributed by atoms with Gasteiger partial charge in [0.2, 0.25) is 5.91 Å². The number of halogens is 1. The molecule has 1 N–H and O–H groups in total. The van der Waals surface area contributed by atoms with Gasteiger partial charge in [0, 0.05) is 19.7 Å². The molecule has 4 nitrogen and oxygen atoms in total. The van der Waals surface area contributed by atoms with E-state index < -0.39 is 0 Å². The Labute approximate surface area is 145 Å². The minimum atomic E-state index is -0.0780. The predicted octanol–water partition coefficient (Wildman–Crippen LogP) is 2.64. The van der Waals surface area contributed by atoms with Gasteiger partial charge in [-0.3, -0.25) is 4.79 Å². The summed E-state index contributed by atoms with van der Waals surface area (Å²) in [6, 6.07) is 10.2. The van der Waals surface area contributed by atoms with Crippen LogP contribution in [0.3, 0.4) is 0 Å². The van der Waals surface area contributed by atoms with Crippen LogP contribution in [0.4, 0.5) is 0 Å². The molecule has 23 heavy (non-hydrogen) atoms. The van der Waals surface area contributed by atoms with Gasteiger partial charge in [-0.05, 0) is 44.3 Å². The summed E-state index contributed by atoms with van der Waals surface area (Å²) in [7, 11) is 1.98. The van der Waals surface area contributed by atoms with Gasteiger partial charge in [-0.1, -0.05) is 30.3 Å². The van der Waals surface area contributed by atoms with Crippen molar-refractivity contribution < 1.29 is 9.53 Å². The highest BCUT2D eigenvalue weighted by Crippen LogP contribution is 2.35. The lowest BCUT2D eigenvalue weighted by molar-refractivity contribution is -0.144. The maximum Gasteiger partial charge on any atom is 0.228 e. The van der Waals surface area contributed by atoms with Crippen molar-refractivity contribution in [2.24, 2.45) is 11.8 Å². The largest absolute Gasteiger partial charge is 0.373 e. The minimum Gasteiger partial charge on any atom is -0.373 e. The summed E-state index contributed by atoms with van der Waals surface area (Å²) in [4.78, 5) is 15.0. The number of benzene rings is 1. The van der Waals surface area contributed by atoms with Crippen molar-refractivity contribution >= 4 is 18.3 Å². The average molecular weight is 339 g/mol. The quantitative estimate of drug-likeness (QED) is 0.917. The van der Waals surface area contributed by atoms with E-state index in [1.54, 1.807) is 0 Å². The molecule has 3 rings (SSSR count). The molecule has 1 aromatic carbocycles. The summed E-state index contributed by atoms with van der Waals surface area (Å²) in [5, 5.41) is 3.22. The Hall–Kier alpha value is -1.10. The Morgan fingerprint density at radius 2 is 2.09 bits per heavy atom. The first-order valence-corrected chi connectivity index (χ1v) is 8.39. The molecule has 3 atom stereocenters. The molecular formula is C18H27ClN2O2. The van der Waals surface area contributed by atoms with Crippen molar-refractivity contribution in [3.05, 3.63) is 35.9 Å². The second kappa shape index (κ2) is 8.67. The number of amides is 1. The molecule has 0 aliphatic carbocycles. The Morgan fingerprint density at radius 1 is 1.30 bits per heavy atom. The van der Waals surface area contributed by atoms with Crippen LogP contribution in [-0.4, -0.2) is 44.1 Å². The van der Waals surface area contributed by atoms with E-state index >= 15 is 0 Å². The fourth-order valence-corrected chi connectivity index (χ4v) is 3.73. The van der Waals surface area contributed by atoms with Crippen LogP contribution in [0.15, 0.2) is 30.3 Å². The van der Waals surface area contributed by atoms with Gasteiger partial charge >= 0.3 is 0 Å². The summed E-state index contributed by atoms with van der Waals surface area (Å²) in [5.41, 5.74) is 1.13. The van der Waals surface area contributed by atoms with Gasteiger partial charge in [0.05, 0.1) is 12.0 Å². The Morgan fingerprint density at radius 3 is 2.83 bits per heavy atom. The third-order valence-electron chi connectivity index (χ3n) is 4.86. The van der Waals surface area contributed by atoms with Crippen molar-refractivity contribution in [3.63, 3.8) is 0 Å². The average Bonchev–Trinajstić information content (AvgIpc) is 3.04. The first-order chi connectivity index (χ1) is 10.8. The van der Waals surface area contributed by atoms with Crippen molar-refractivity contribution in [1.82, 2.24) is 10.2 Å². The van der Waals surface area contributed by atoms with E-state index in [2.05, 4.69) is 22.3 Å². The number of ether oxygens (including phenoxy) is 1. The van der Waals surface area contributed by atoms with Gasteiger partial charge < -0.3 is 15.0 Å². The maximum absolute atomic E-state index is 13.0. The molecule has 0 saturated carbocycles. The molecule has 1 aromatic rings. The molecule has 0 bridgehead atoms. The normalized spacial score (nSPS) is 27.5. The lowest BCUT2D eigenvalue weighted by Gasteiger charge is -2.33. The van der Waals surface area contributed by atoms with Crippen molar-refractivity contribution in [3.8, 4) is 0 Å². The monoisotopic (exact) mass is 338 g/mol. The van der Waals surface area contributed by atoms with Crippen LogP contribution in [0.25, 0.3) is 0 Å². The molecule has 128 valence electrons. The van der Waals surface area contributed by atoms with Gasteiger partial charge in [-0.25, -0.2) is 0 Å². The molecule has 2 fully saturated rings. The van der Waals surface area contributed by atoms with Crippen molar-refractivity contribution in [1.29, 1.82) is 0 Å². The molecular weight excluding hydrogens is 312 g/mol. The lowest BCUT2D eigenvalue weighted by Crippen LogP contribution is -2.40. The van der Waals surface area contributed by atoms with Crippen LogP contribution in [0, 0.1) is 11.8 Å². The zero-order chi connectivity index (χ0) is 15.4. The smallest absolute Gasteiger partial charge is 0.228 e. The van der Waals surface area contributed by atoms with Crippen LogP contribution in [0.1, 0.15) is 30.9 Å². The van der Waals surface area contributed by atoms with E-state index in [1.165, 1.54) is 0 Å². The van der Waals surface area contributed by atoms with Crippen molar-refractivity contribution in [2.45, 2.75) is 25.4 Å². The molecule has 2 aliphatic rings. The highest BCUT2D eigenvalue weighted by molar-refractivity contribution is 5.85. The molecule has 0 spiro atoms. The molecule has 0 radical (unpaired) electrons. The highest BCUT2D eigenvalue weighted by atomic mass is 35.5. The van der Waals surface area contributed by atoms with Gasteiger partial charge in [0.15, 0.2) is 0 Å². The predicted molar refractivity (Wildman–Crippen MR) is 93.7 cm³/mol. The van der Waals surface area contributed by atoms with E-state index in [1.807, 2.05) is 25.2 Å². The lowest BCUT2D eigenvalue weighted by atomic mass is 9.88. The topological polar surface area (TPSA) is 41.6 Å². The molecule has 2 aliphatic heterocycles. The summed E-state index contributed by atoms with van der Waals surface area (Å²) in [5.74, 6) is 0.852. The van der Waals surface area contributed by atoms with Crippen LogP contribution in [0.2, 0.25) is 0 Å². The SMILES string of the molecule is CNCC1CCN(C(=O)C2CCCOC2c2ccccc2)C1.Cl. The summed E-state index contributed by atoms with van der Waals surface area (Å²) >= 11 is 0. The molecule has 5 heteroatoms. The van der Waals surface area contributed by atoms with Gasteiger partial charge in [0.25, 0.3) is 0 Å². The van der Waals surface area contributed by atoms with E-state index in [9.17, 15) is 4.79 Å². The summed E-state index contributed by atoms with van der Waals surface area (Å²) < 4.78 is 5.97. The van der Waals surface area contributed by atoms with Crippen LogP contribution in [0.5, 0.6) is 0 Å². The third kappa shape index (κ3) is 4.25. The van der Waals surface area contributed by atoms with Gasteiger partial charge in [0.1, 0.15) is 0 Å². The molecule has 2 heterocycles. The molecule has 1 amide bonds. The van der Waals surface area contributed by atoms with Crippen LogP contribution < -0.4 is 5.32 Å². The second-order valence-electron chi connectivity index (χ2n) is 6.45. The van der Waals surface area contributed by atoms with Crippen molar-refractivity contribution in [2.75, 3.05) is 33.3 Å². The second-order valence-corrected chi connectivity index (χ2v) is 6.45. The van der Waals surface area contributed by atoms with E-state index in [-0.39, 0.29) is 30.3 Å². The Balaban J connectivity index is 0.00000192. The molecule has 3 unspecified atom stereocenters. The first kappa shape index (κ1) is 18.2. The number of carbonyl (C=O) groups excluding carboxylic acids is 1. The molecule has 0 aromatic heterocycles. The summed E-state index contributed by atoms with van der Waals surface area (Å²) in [6.07, 6.45) is 2.95. The number of rotatable bonds is 4. The van der Waals surface area contributed by atoms with Crippen LogP contribution >= 0.6 is 12.4 Å². The van der Waals surface area contributed by atoms with Gasteiger partial charge in [-0.2, -0.15) is 0 Å². The number of nitrogens with one attached hydrogen (secondary N) is 1. The van der Waals surface area contributed by atoms with E-state index in [4.69, 9.17) is 4.74 Å². The Kier molecular flexibility index (Phi) is 6.88. The highest BCUT2D eigenvalue weighted by Gasteiger charge is 2.37. The maximum atomic E-state index is 13.0. The third-order valence-corrected chi connectivity index (χ3v) is 4.86. The number of likely N-dealkylation sites (tertiary alicyclic amines) is 1. The standard InChI is InChI=1S/C18H26N2O2.ClH/c1-19-12-14-9-10-20(13-14)18(21)16-8-5-11-22-17(16)15-6-3-2-4-7-15;/h2-4,6-7,14,16-17,19H,5,8-13H2,1H3;1H. The number of carbonyl (C=O) groups is 1. The number of hydrogen-bond acceptors (Lipinski definition) is 3. The molecule has 2 saturated heterocycles. The van der Waals surface area contributed by atoms with Crippen LogP contribution in [-0.2, 0) is 9.53 Å². The van der Waals surface area contributed by atoms with Gasteiger partial charge in [-0.15, -0.1) is 12.4 Å². The Bertz CT molecular complexity index is 497. The first-order valence-electron chi connectivity index (χ1n) is 8.39. The van der Waals surface area contributed by atoms with E-state index in [0.717, 1.165) is 51.1 Å².